The highest BCUT2D eigenvalue weighted by Gasteiger charge is 2.37. The molecule has 1 fully saturated rings. The van der Waals surface area contributed by atoms with Gasteiger partial charge in [-0.3, -0.25) is 4.79 Å². The fourth-order valence-corrected chi connectivity index (χ4v) is 4.07. The lowest BCUT2D eigenvalue weighted by Gasteiger charge is -2.29. The summed E-state index contributed by atoms with van der Waals surface area (Å²) in [6.45, 7) is 3.58. The van der Waals surface area contributed by atoms with Crippen LogP contribution in [0.2, 0.25) is 0 Å². The van der Waals surface area contributed by atoms with Crippen LogP contribution >= 0.6 is 0 Å². The molecule has 2 unspecified atom stereocenters. The third-order valence-corrected chi connectivity index (χ3v) is 5.22. The summed E-state index contributed by atoms with van der Waals surface area (Å²) >= 11 is 0. The largest absolute Gasteiger partial charge is 0.409 e. The zero-order valence-electron chi connectivity index (χ0n) is 11.4. The SMILES string of the molecule is CC(C)C(C(=O)N(C)C1CCS(=O)(=O)C1)C(N)=NO. The summed E-state index contributed by atoms with van der Waals surface area (Å²) in [5.41, 5.74) is 5.54. The number of hydrogen-bond donors (Lipinski definition) is 2. The average Bonchev–Trinajstić information content (AvgIpc) is 2.67. The molecule has 3 N–H and O–H groups in total. The number of carbonyl (C=O) groups is 1. The van der Waals surface area contributed by atoms with Crippen LogP contribution in [0.1, 0.15) is 20.3 Å². The van der Waals surface area contributed by atoms with Crippen molar-refractivity contribution in [3.05, 3.63) is 0 Å². The smallest absolute Gasteiger partial charge is 0.233 e. The standard InChI is InChI=1S/C11H21N3O4S/c1-7(2)9(10(12)13-16)11(15)14(3)8-4-5-19(17,18)6-8/h7-9,16H,4-6H2,1-3H3,(H2,12,13). The van der Waals surface area contributed by atoms with Crippen molar-refractivity contribution in [1.82, 2.24) is 4.90 Å². The molecule has 0 aromatic heterocycles. The van der Waals surface area contributed by atoms with Gasteiger partial charge in [-0.25, -0.2) is 8.42 Å². The van der Waals surface area contributed by atoms with Crippen molar-refractivity contribution in [3.8, 4) is 0 Å². The van der Waals surface area contributed by atoms with Crippen molar-refractivity contribution in [2.24, 2.45) is 22.7 Å². The number of sulfone groups is 1. The van der Waals surface area contributed by atoms with Crippen LogP contribution < -0.4 is 5.73 Å². The molecule has 7 nitrogen and oxygen atoms in total. The molecule has 2 atom stereocenters. The summed E-state index contributed by atoms with van der Waals surface area (Å²) in [5.74, 6) is -1.25. The van der Waals surface area contributed by atoms with E-state index in [1.165, 1.54) is 4.90 Å². The molecule has 0 radical (unpaired) electrons. The van der Waals surface area contributed by atoms with E-state index in [0.29, 0.717) is 6.42 Å². The van der Waals surface area contributed by atoms with E-state index in [1.807, 2.05) is 0 Å². The minimum Gasteiger partial charge on any atom is -0.409 e. The van der Waals surface area contributed by atoms with Crippen molar-refractivity contribution in [2.45, 2.75) is 26.3 Å². The van der Waals surface area contributed by atoms with E-state index in [9.17, 15) is 13.2 Å². The third-order valence-electron chi connectivity index (χ3n) is 3.47. The minimum absolute atomic E-state index is 0.0176. The van der Waals surface area contributed by atoms with Crippen LogP contribution in [0.15, 0.2) is 5.16 Å². The summed E-state index contributed by atoms with van der Waals surface area (Å²) in [6.07, 6.45) is 0.436. The normalized spacial score (nSPS) is 24.4. The second kappa shape index (κ2) is 5.77. The maximum atomic E-state index is 12.3. The Morgan fingerprint density at radius 1 is 1.47 bits per heavy atom. The first-order valence-electron chi connectivity index (χ1n) is 6.14. The maximum Gasteiger partial charge on any atom is 0.233 e. The fraction of sp³-hybridized carbons (Fsp3) is 0.818. The van der Waals surface area contributed by atoms with Gasteiger partial charge in [-0.2, -0.15) is 0 Å². The monoisotopic (exact) mass is 291 g/mol. The Balaban J connectivity index is 2.86. The van der Waals surface area contributed by atoms with Crippen LogP contribution in [0, 0.1) is 11.8 Å². The number of hydrogen-bond acceptors (Lipinski definition) is 5. The molecule has 1 saturated heterocycles. The molecule has 0 aliphatic carbocycles. The molecule has 1 aliphatic heterocycles. The van der Waals surface area contributed by atoms with E-state index < -0.39 is 15.8 Å². The highest BCUT2D eigenvalue weighted by Crippen LogP contribution is 2.21. The molecule has 110 valence electrons. The van der Waals surface area contributed by atoms with E-state index in [1.54, 1.807) is 20.9 Å². The number of nitrogens with zero attached hydrogens (tertiary/aromatic N) is 2. The number of amidine groups is 1. The third kappa shape index (κ3) is 3.59. The molecule has 8 heteroatoms. The summed E-state index contributed by atoms with van der Waals surface area (Å²) in [6, 6.07) is -0.328. The fourth-order valence-electron chi connectivity index (χ4n) is 2.30. The van der Waals surface area contributed by atoms with Crippen molar-refractivity contribution < 1.29 is 18.4 Å². The predicted octanol–water partition coefficient (Wildman–Crippen LogP) is -0.349. The predicted molar refractivity (Wildman–Crippen MR) is 71.6 cm³/mol. The lowest BCUT2D eigenvalue weighted by Crippen LogP contribution is -2.47. The number of nitrogens with two attached hydrogens (primary N) is 1. The number of rotatable bonds is 4. The molecule has 19 heavy (non-hydrogen) atoms. The zero-order chi connectivity index (χ0) is 14.8. The van der Waals surface area contributed by atoms with Gasteiger partial charge >= 0.3 is 0 Å². The Labute approximate surface area is 113 Å². The second-order valence-corrected chi connectivity index (χ2v) is 7.48. The van der Waals surface area contributed by atoms with Crippen LogP contribution in [-0.4, -0.2) is 54.9 Å². The molecule has 0 aromatic carbocycles. The van der Waals surface area contributed by atoms with Crippen LogP contribution in [0.4, 0.5) is 0 Å². The average molecular weight is 291 g/mol. The quantitative estimate of drug-likeness (QED) is 0.318. The Hall–Kier alpha value is -1.31. The van der Waals surface area contributed by atoms with Gasteiger partial charge in [-0.1, -0.05) is 19.0 Å². The summed E-state index contributed by atoms with van der Waals surface area (Å²) in [4.78, 5) is 13.8. The summed E-state index contributed by atoms with van der Waals surface area (Å²) < 4.78 is 22.9. The van der Waals surface area contributed by atoms with Crippen molar-refractivity contribution >= 4 is 21.6 Å². The maximum absolute atomic E-state index is 12.3. The molecule has 1 amide bonds. The van der Waals surface area contributed by atoms with Gasteiger partial charge in [0, 0.05) is 13.1 Å². The van der Waals surface area contributed by atoms with Gasteiger partial charge in [-0.05, 0) is 12.3 Å². The first-order valence-corrected chi connectivity index (χ1v) is 7.96. The molecular weight excluding hydrogens is 270 g/mol. The van der Waals surface area contributed by atoms with Gasteiger partial charge < -0.3 is 15.8 Å². The van der Waals surface area contributed by atoms with E-state index in [4.69, 9.17) is 10.9 Å². The number of oxime groups is 1. The molecule has 1 rings (SSSR count). The van der Waals surface area contributed by atoms with E-state index in [0.717, 1.165) is 0 Å². The van der Waals surface area contributed by atoms with Gasteiger partial charge in [0.25, 0.3) is 0 Å². The number of amides is 1. The van der Waals surface area contributed by atoms with E-state index in [-0.39, 0.29) is 35.2 Å². The highest BCUT2D eigenvalue weighted by atomic mass is 32.2. The van der Waals surface area contributed by atoms with Crippen LogP contribution in [0.5, 0.6) is 0 Å². The van der Waals surface area contributed by atoms with Crippen LogP contribution in [0.25, 0.3) is 0 Å². The van der Waals surface area contributed by atoms with Crippen LogP contribution in [-0.2, 0) is 14.6 Å². The Morgan fingerprint density at radius 2 is 2.05 bits per heavy atom. The molecule has 0 aromatic rings. The Morgan fingerprint density at radius 3 is 2.42 bits per heavy atom. The Kier molecular flexibility index (Phi) is 4.78. The van der Waals surface area contributed by atoms with Crippen molar-refractivity contribution in [1.29, 1.82) is 0 Å². The highest BCUT2D eigenvalue weighted by molar-refractivity contribution is 7.91. The van der Waals surface area contributed by atoms with Crippen molar-refractivity contribution in [2.75, 3.05) is 18.6 Å². The molecule has 0 saturated carbocycles. The summed E-state index contributed by atoms with van der Waals surface area (Å²) in [7, 11) is -1.49. The Bertz CT molecular complexity index is 472. The van der Waals surface area contributed by atoms with Gasteiger partial charge in [0.15, 0.2) is 15.7 Å². The van der Waals surface area contributed by atoms with Gasteiger partial charge in [-0.15, -0.1) is 0 Å². The molecule has 0 bridgehead atoms. The van der Waals surface area contributed by atoms with E-state index in [2.05, 4.69) is 5.16 Å². The second-order valence-electron chi connectivity index (χ2n) is 5.25. The van der Waals surface area contributed by atoms with Crippen molar-refractivity contribution in [3.63, 3.8) is 0 Å². The first kappa shape index (κ1) is 15.7. The molecule has 1 heterocycles. The van der Waals surface area contributed by atoms with Crippen LogP contribution in [0.3, 0.4) is 0 Å². The van der Waals surface area contributed by atoms with Gasteiger partial charge in [0.05, 0.1) is 11.5 Å². The lowest BCUT2D eigenvalue weighted by atomic mass is 9.93. The minimum atomic E-state index is -3.05. The lowest BCUT2D eigenvalue weighted by molar-refractivity contribution is -0.134. The zero-order valence-corrected chi connectivity index (χ0v) is 12.2. The van der Waals surface area contributed by atoms with E-state index >= 15 is 0 Å². The molecule has 1 aliphatic rings. The van der Waals surface area contributed by atoms with Gasteiger partial charge in [0.1, 0.15) is 5.92 Å². The topological polar surface area (TPSA) is 113 Å². The number of carbonyl (C=O) groups excluding carboxylic acids is 1. The first-order chi connectivity index (χ1) is 8.69. The molecular formula is C11H21N3O4S. The molecule has 0 spiro atoms. The summed E-state index contributed by atoms with van der Waals surface area (Å²) in [5, 5.41) is 11.6. The van der Waals surface area contributed by atoms with Gasteiger partial charge in [0.2, 0.25) is 5.91 Å².